The molecule has 0 bridgehead atoms. The first-order valence-corrected chi connectivity index (χ1v) is 12.1. The van der Waals surface area contributed by atoms with Gasteiger partial charge in [0.1, 0.15) is 5.75 Å². The molecule has 5 nitrogen and oxygen atoms in total. The molecule has 1 N–H and O–H groups in total. The van der Waals surface area contributed by atoms with Crippen molar-refractivity contribution in [3.05, 3.63) is 75.5 Å². The van der Waals surface area contributed by atoms with Gasteiger partial charge in [0.15, 0.2) is 0 Å². The van der Waals surface area contributed by atoms with Gasteiger partial charge >= 0.3 is 6.03 Å². The van der Waals surface area contributed by atoms with Crippen LogP contribution in [-0.2, 0) is 13.1 Å². The molecule has 2 amide bonds. The summed E-state index contributed by atoms with van der Waals surface area (Å²) in [6.45, 7) is 12.2. The number of carbonyl (C=O) groups is 1. The molecule has 0 aromatic heterocycles. The standard InChI is InChI=1S/C28H35N3O2/c1-18-10-19(2)12-22(11-18)16-30-8-6-28(7-9-30)25-15-21(4)26-23(17-31(25)27(32)29-28)13-20(3)14-24(26)33-5/h10-15,21H,6-9,16-17H2,1-5H3,(H,29,32). The number of allylic oxidation sites excluding steroid dienone is 1. The Morgan fingerprint density at radius 3 is 2.36 bits per heavy atom. The van der Waals surface area contributed by atoms with Crippen molar-refractivity contribution in [1.82, 2.24) is 15.1 Å². The van der Waals surface area contributed by atoms with E-state index in [4.69, 9.17) is 4.74 Å². The highest BCUT2D eigenvalue weighted by atomic mass is 16.5. The monoisotopic (exact) mass is 445 g/mol. The van der Waals surface area contributed by atoms with Gasteiger partial charge in [-0.1, -0.05) is 48.4 Å². The molecule has 2 fully saturated rings. The van der Waals surface area contributed by atoms with Crippen LogP contribution in [0.2, 0.25) is 0 Å². The van der Waals surface area contributed by atoms with Gasteiger partial charge in [0.25, 0.3) is 0 Å². The molecular formula is C28H35N3O2. The number of aryl methyl sites for hydroxylation is 3. The van der Waals surface area contributed by atoms with Crippen LogP contribution in [0.1, 0.15) is 59.1 Å². The molecule has 1 unspecified atom stereocenters. The van der Waals surface area contributed by atoms with Crippen molar-refractivity contribution in [2.24, 2.45) is 0 Å². The summed E-state index contributed by atoms with van der Waals surface area (Å²) in [6, 6.07) is 11.1. The molecule has 5 heteroatoms. The molecule has 2 aromatic carbocycles. The van der Waals surface area contributed by atoms with Gasteiger partial charge in [0.05, 0.1) is 19.2 Å². The van der Waals surface area contributed by atoms with Crippen LogP contribution in [0, 0.1) is 20.8 Å². The van der Waals surface area contributed by atoms with Gasteiger partial charge in [-0.15, -0.1) is 0 Å². The van der Waals surface area contributed by atoms with Gasteiger partial charge in [-0.3, -0.25) is 9.80 Å². The number of urea groups is 1. The highest BCUT2D eigenvalue weighted by Gasteiger charge is 2.49. The number of hydrogen-bond acceptors (Lipinski definition) is 3. The third-order valence-corrected chi connectivity index (χ3v) is 7.55. The minimum absolute atomic E-state index is 0.0320. The van der Waals surface area contributed by atoms with Crippen molar-refractivity contribution in [2.75, 3.05) is 20.2 Å². The second-order valence-electron chi connectivity index (χ2n) is 10.3. The maximum absolute atomic E-state index is 13.2. The summed E-state index contributed by atoms with van der Waals surface area (Å²) < 4.78 is 5.74. The summed E-state index contributed by atoms with van der Waals surface area (Å²) >= 11 is 0. The fourth-order valence-electron chi connectivity index (χ4n) is 6.15. The van der Waals surface area contributed by atoms with E-state index in [9.17, 15) is 4.79 Å². The Morgan fingerprint density at radius 2 is 1.70 bits per heavy atom. The lowest BCUT2D eigenvalue weighted by molar-refractivity contribution is 0.160. The van der Waals surface area contributed by atoms with E-state index in [0.717, 1.165) is 49.5 Å². The van der Waals surface area contributed by atoms with E-state index in [-0.39, 0.29) is 17.5 Å². The highest BCUT2D eigenvalue weighted by molar-refractivity contribution is 5.82. The Hall–Kier alpha value is -2.79. The number of ether oxygens (including phenoxy) is 1. The molecule has 3 heterocycles. The number of benzene rings is 2. The molecule has 174 valence electrons. The summed E-state index contributed by atoms with van der Waals surface area (Å²) in [5.74, 6) is 1.11. The first kappa shape index (κ1) is 22.0. The first-order chi connectivity index (χ1) is 15.8. The lowest BCUT2D eigenvalue weighted by atomic mass is 9.83. The van der Waals surface area contributed by atoms with Crippen molar-refractivity contribution in [1.29, 1.82) is 0 Å². The number of amides is 2. The van der Waals surface area contributed by atoms with E-state index in [1.165, 1.54) is 27.8 Å². The van der Waals surface area contributed by atoms with E-state index in [2.05, 4.69) is 74.3 Å². The van der Waals surface area contributed by atoms with Gasteiger partial charge in [-0.05, 0) is 56.4 Å². The predicted octanol–water partition coefficient (Wildman–Crippen LogP) is 5.18. The molecule has 1 atom stereocenters. The van der Waals surface area contributed by atoms with Crippen molar-refractivity contribution < 1.29 is 9.53 Å². The molecule has 0 aliphatic carbocycles. The Morgan fingerprint density at radius 1 is 1.03 bits per heavy atom. The molecule has 3 aliphatic rings. The summed E-state index contributed by atoms with van der Waals surface area (Å²) in [7, 11) is 1.74. The van der Waals surface area contributed by atoms with Crippen LogP contribution < -0.4 is 10.1 Å². The molecule has 2 aromatic rings. The molecule has 0 radical (unpaired) electrons. The van der Waals surface area contributed by atoms with E-state index in [1.54, 1.807) is 7.11 Å². The topological polar surface area (TPSA) is 44.8 Å². The molecule has 33 heavy (non-hydrogen) atoms. The number of carbonyl (C=O) groups excluding carboxylic acids is 1. The summed E-state index contributed by atoms with van der Waals surface area (Å²) in [6.07, 6.45) is 4.18. The lowest BCUT2D eigenvalue weighted by Crippen LogP contribution is -2.51. The zero-order valence-electron chi connectivity index (χ0n) is 20.5. The van der Waals surface area contributed by atoms with Crippen LogP contribution in [0.25, 0.3) is 0 Å². The fourth-order valence-corrected chi connectivity index (χ4v) is 6.15. The number of piperidine rings is 1. The summed E-state index contributed by atoms with van der Waals surface area (Å²) in [4.78, 5) is 17.7. The van der Waals surface area contributed by atoms with Crippen LogP contribution in [0.4, 0.5) is 4.79 Å². The maximum atomic E-state index is 13.2. The molecule has 0 saturated carbocycles. The predicted molar refractivity (Wildman–Crippen MR) is 131 cm³/mol. The minimum Gasteiger partial charge on any atom is -0.496 e. The average molecular weight is 446 g/mol. The van der Waals surface area contributed by atoms with Gasteiger partial charge in [0.2, 0.25) is 0 Å². The normalized spacial score (nSPS) is 21.8. The van der Waals surface area contributed by atoms with Crippen molar-refractivity contribution in [3.8, 4) is 5.75 Å². The van der Waals surface area contributed by atoms with Gasteiger partial charge in [-0.25, -0.2) is 4.79 Å². The van der Waals surface area contributed by atoms with Crippen molar-refractivity contribution >= 4 is 6.03 Å². The highest BCUT2D eigenvalue weighted by Crippen LogP contribution is 2.44. The van der Waals surface area contributed by atoms with E-state index in [1.807, 2.05) is 4.90 Å². The Labute approximate surface area is 197 Å². The van der Waals surface area contributed by atoms with Gasteiger partial charge in [0, 0.05) is 36.8 Å². The number of nitrogens with one attached hydrogen (secondary N) is 1. The number of nitrogens with zero attached hydrogens (tertiary/aromatic N) is 2. The maximum Gasteiger partial charge on any atom is 0.322 e. The molecule has 3 aliphatic heterocycles. The average Bonchev–Trinajstić information content (AvgIpc) is 2.89. The number of rotatable bonds is 3. The summed E-state index contributed by atoms with van der Waals surface area (Å²) in [5, 5.41) is 3.40. The number of methoxy groups -OCH3 is 1. The van der Waals surface area contributed by atoms with E-state index >= 15 is 0 Å². The van der Waals surface area contributed by atoms with Gasteiger partial charge < -0.3 is 10.1 Å². The quantitative estimate of drug-likeness (QED) is 0.708. The second-order valence-corrected chi connectivity index (χ2v) is 10.3. The van der Waals surface area contributed by atoms with Crippen LogP contribution >= 0.6 is 0 Å². The third-order valence-electron chi connectivity index (χ3n) is 7.55. The first-order valence-electron chi connectivity index (χ1n) is 12.1. The Balaban J connectivity index is 1.39. The van der Waals surface area contributed by atoms with Crippen molar-refractivity contribution in [2.45, 2.75) is 65.1 Å². The van der Waals surface area contributed by atoms with Crippen molar-refractivity contribution in [3.63, 3.8) is 0 Å². The largest absolute Gasteiger partial charge is 0.496 e. The molecule has 1 spiro atoms. The Bertz CT molecular complexity index is 1110. The molecule has 2 saturated heterocycles. The number of hydrogen-bond donors (Lipinski definition) is 1. The SMILES string of the molecule is COc1cc(C)cc2c1C(C)C=C1N(C2)C(=O)NC12CCN(Cc1cc(C)cc(C)c1)CC2. The second kappa shape index (κ2) is 8.21. The van der Waals surface area contributed by atoms with Crippen LogP contribution in [0.15, 0.2) is 42.1 Å². The van der Waals surface area contributed by atoms with E-state index in [0.29, 0.717) is 6.54 Å². The zero-order valence-corrected chi connectivity index (χ0v) is 20.5. The third kappa shape index (κ3) is 3.93. The minimum atomic E-state index is -0.269. The van der Waals surface area contributed by atoms with Crippen LogP contribution in [0.3, 0.4) is 0 Å². The Kier molecular flexibility index (Phi) is 5.48. The molecule has 5 rings (SSSR count). The number of likely N-dealkylation sites (tertiary alicyclic amines) is 1. The lowest BCUT2D eigenvalue weighted by Gasteiger charge is -2.40. The van der Waals surface area contributed by atoms with Crippen LogP contribution in [0.5, 0.6) is 5.75 Å². The number of fused-ring (bicyclic) bond motifs is 3. The van der Waals surface area contributed by atoms with Crippen LogP contribution in [-0.4, -0.2) is 41.6 Å². The van der Waals surface area contributed by atoms with E-state index < -0.39 is 0 Å². The zero-order chi connectivity index (χ0) is 23.3. The smallest absolute Gasteiger partial charge is 0.322 e. The fraction of sp³-hybridized carbons (Fsp3) is 0.464. The molecular weight excluding hydrogens is 410 g/mol. The summed E-state index contributed by atoms with van der Waals surface area (Å²) in [5.41, 5.74) is 8.46. The van der Waals surface area contributed by atoms with Gasteiger partial charge in [-0.2, -0.15) is 0 Å².